The maximum absolute atomic E-state index is 12.8. The lowest BCUT2D eigenvalue weighted by Gasteiger charge is -2.23. The topological polar surface area (TPSA) is 48.0 Å². The fourth-order valence-corrected chi connectivity index (χ4v) is 3.30. The van der Waals surface area contributed by atoms with Crippen LogP contribution in [0.15, 0.2) is 36.4 Å². The largest absolute Gasteiger partial charge is 0.493 e. The molecule has 25 heavy (non-hydrogen) atoms. The first-order valence-electron chi connectivity index (χ1n) is 8.30. The molecule has 0 bridgehead atoms. The molecule has 0 aliphatic carbocycles. The van der Waals surface area contributed by atoms with E-state index in [2.05, 4.69) is 6.07 Å². The van der Waals surface area contributed by atoms with Gasteiger partial charge in [0.1, 0.15) is 0 Å². The van der Waals surface area contributed by atoms with Crippen molar-refractivity contribution in [3.8, 4) is 17.2 Å². The first kappa shape index (κ1) is 17.1. The Labute approximate surface area is 148 Å². The summed E-state index contributed by atoms with van der Waals surface area (Å²) in [6.07, 6.45) is 0.860. The lowest BCUT2D eigenvalue weighted by Crippen LogP contribution is -2.39. The van der Waals surface area contributed by atoms with Crippen LogP contribution >= 0.6 is 0 Å². The van der Waals surface area contributed by atoms with Crippen LogP contribution in [0.5, 0.6) is 17.2 Å². The highest BCUT2D eigenvalue weighted by Gasteiger charge is 2.31. The summed E-state index contributed by atoms with van der Waals surface area (Å²) < 4.78 is 16.5. The molecule has 1 aliphatic rings. The summed E-state index contributed by atoms with van der Waals surface area (Å²) >= 11 is 0. The Morgan fingerprint density at radius 3 is 2.44 bits per heavy atom. The van der Waals surface area contributed by atoms with Gasteiger partial charge in [0.25, 0.3) is 5.91 Å². The third-order valence-corrected chi connectivity index (χ3v) is 4.42. The summed E-state index contributed by atoms with van der Waals surface area (Å²) in [5, 5.41) is 0. The van der Waals surface area contributed by atoms with Gasteiger partial charge in [-0.25, -0.2) is 0 Å². The number of anilines is 1. The summed E-state index contributed by atoms with van der Waals surface area (Å²) in [7, 11) is 3.14. The molecule has 0 unspecified atom stereocenters. The average Bonchev–Trinajstić information content (AvgIpc) is 2.95. The molecule has 5 nitrogen and oxygen atoms in total. The number of ether oxygens (including phenoxy) is 3. The van der Waals surface area contributed by atoms with Crippen LogP contribution in [-0.2, 0) is 11.2 Å². The Bertz CT molecular complexity index is 762. The molecule has 1 heterocycles. The number of carbonyl (C=O) groups is 1. The van der Waals surface area contributed by atoms with Gasteiger partial charge in [0.05, 0.1) is 14.2 Å². The van der Waals surface area contributed by atoms with Crippen LogP contribution in [0.2, 0.25) is 0 Å². The summed E-state index contributed by atoms with van der Waals surface area (Å²) in [5.41, 5.74) is 3.15. The van der Waals surface area contributed by atoms with E-state index in [9.17, 15) is 4.79 Å². The standard InChI is InChI=1S/C20H23NO4/c1-13-9-17(23-3)20(18(10-13)24-4)25-12-19(22)21-14(2)11-15-7-5-6-8-16(15)21/h5-10,14H,11-12H2,1-4H3/t14-/m1/s1. The van der Waals surface area contributed by atoms with Crippen LogP contribution in [0.25, 0.3) is 0 Å². The molecule has 1 atom stereocenters. The molecule has 132 valence electrons. The van der Waals surface area contributed by atoms with E-state index in [1.54, 1.807) is 14.2 Å². The molecule has 3 rings (SSSR count). The predicted molar refractivity (Wildman–Crippen MR) is 96.9 cm³/mol. The number of hydrogen-bond acceptors (Lipinski definition) is 4. The minimum Gasteiger partial charge on any atom is -0.493 e. The molecule has 2 aromatic rings. The molecule has 1 aliphatic heterocycles. The SMILES string of the molecule is COc1cc(C)cc(OC)c1OCC(=O)N1c2ccccc2C[C@H]1C. The molecular weight excluding hydrogens is 318 g/mol. The van der Waals surface area contributed by atoms with Crippen molar-refractivity contribution < 1.29 is 19.0 Å². The van der Waals surface area contributed by atoms with Crippen molar-refractivity contribution in [3.05, 3.63) is 47.5 Å². The predicted octanol–water partition coefficient (Wildman–Crippen LogP) is 3.37. The smallest absolute Gasteiger partial charge is 0.265 e. The van der Waals surface area contributed by atoms with Crippen LogP contribution < -0.4 is 19.1 Å². The highest BCUT2D eigenvalue weighted by atomic mass is 16.5. The maximum Gasteiger partial charge on any atom is 0.265 e. The Balaban J connectivity index is 1.80. The molecule has 0 fully saturated rings. The van der Waals surface area contributed by atoms with Crippen LogP contribution in [0.4, 0.5) is 5.69 Å². The number of rotatable bonds is 5. The summed E-state index contributed by atoms with van der Waals surface area (Å²) in [6.45, 7) is 3.92. The van der Waals surface area contributed by atoms with E-state index in [1.807, 2.05) is 49.1 Å². The van der Waals surface area contributed by atoms with Crippen molar-refractivity contribution in [3.63, 3.8) is 0 Å². The lowest BCUT2D eigenvalue weighted by atomic mass is 10.1. The second-order valence-corrected chi connectivity index (χ2v) is 6.23. The molecular formula is C20H23NO4. The van der Waals surface area contributed by atoms with Crippen molar-refractivity contribution >= 4 is 11.6 Å². The minimum absolute atomic E-state index is 0.0749. The van der Waals surface area contributed by atoms with Gasteiger partial charge in [0.15, 0.2) is 18.1 Å². The normalized spacial score (nSPS) is 15.7. The molecule has 0 radical (unpaired) electrons. The number of carbonyl (C=O) groups excluding carboxylic acids is 1. The second-order valence-electron chi connectivity index (χ2n) is 6.23. The Morgan fingerprint density at radius 2 is 1.80 bits per heavy atom. The van der Waals surface area contributed by atoms with Crippen molar-refractivity contribution in [1.82, 2.24) is 0 Å². The number of benzene rings is 2. The maximum atomic E-state index is 12.8. The number of nitrogens with zero attached hydrogens (tertiary/aromatic N) is 1. The number of fused-ring (bicyclic) bond motifs is 1. The molecule has 1 amide bonds. The van der Waals surface area contributed by atoms with Crippen LogP contribution in [0, 0.1) is 6.92 Å². The zero-order valence-electron chi connectivity index (χ0n) is 15.0. The average molecular weight is 341 g/mol. The number of hydrogen-bond donors (Lipinski definition) is 0. The highest BCUT2D eigenvalue weighted by Crippen LogP contribution is 2.39. The van der Waals surface area contributed by atoms with Gasteiger partial charge in [-0.15, -0.1) is 0 Å². The van der Waals surface area contributed by atoms with E-state index < -0.39 is 0 Å². The van der Waals surface area contributed by atoms with E-state index in [1.165, 1.54) is 5.56 Å². The number of amides is 1. The Kier molecular flexibility index (Phi) is 4.83. The number of aryl methyl sites for hydroxylation is 1. The molecule has 0 saturated carbocycles. The molecule has 2 aromatic carbocycles. The van der Waals surface area contributed by atoms with Crippen molar-refractivity contribution in [2.24, 2.45) is 0 Å². The van der Waals surface area contributed by atoms with E-state index in [0.717, 1.165) is 17.7 Å². The number of methoxy groups -OCH3 is 2. The van der Waals surface area contributed by atoms with Crippen LogP contribution in [0.1, 0.15) is 18.1 Å². The fraction of sp³-hybridized carbons (Fsp3) is 0.350. The summed E-state index contributed by atoms with van der Waals surface area (Å²) in [5.74, 6) is 1.48. The Hall–Kier alpha value is -2.69. The van der Waals surface area contributed by atoms with Gasteiger partial charge in [0, 0.05) is 11.7 Å². The molecule has 0 aromatic heterocycles. The molecule has 0 spiro atoms. The van der Waals surface area contributed by atoms with Gasteiger partial charge in [0.2, 0.25) is 5.75 Å². The fourth-order valence-electron chi connectivity index (χ4n) is 3.30. The molecule has 0 saturated heterocycles. The Morgan fingerprint density at radius 1 is 1.16 bits per heavy atom. The first-order valence-corrected chi connectivity index (χ1v) is 8.30. The van der Waals surface area contributed by atoms with Crippen molar-refractivity contribution in [2.75, 3.05) is 25.7 Å². The van der Waals surface area contributed by atoms with Gasteiger partial charge in [-0.2, -0.15) is 0 Å². The van der Waals surface area contributed by atoms with E-state index in [4.69, 9.17) is 14.2 Å². The summed E-state index contributed by atoms with van der Waals surface area (Å²) in [4.78, 5) is 14.6. The van der Waals surface area contributed by atoms with E-state index in [0.29, 0.717) is 17.2 Å². The van der Waals surface area contributed by atoms with Gasteiger partial charge in [-0.1, -0.05) is 18.2 Å². The second kappa shape index (κ2) is 7.05. The first-order chi connectivity index (χ1) is 12.0. The van der Waals surface area contributed by atoms with E-state index in [-0.39, 0.29) is 18.6 Å². The molecule has 0 N–H and O–H groups in total. The minimum atomic E-state index is -0.0814. The number of para-hydroxylation sites is 1. The van der Waals surface area contributed by atoms with Crippen LogP contribution in [0.3, 0.4) is 0 Å². The van der Waals surface area contributed by atoms with Crippen molar-refractivity contribution in [2.45, 2.75) is 26.3 Å². The zero-order valence-corrected chi connectivity index (χ0v) is 15.0. The lowest BCUT2D eigenvalue weighted by molar-refractivity contribution is -0.120. The van der Waals surface area contributed by atoms with Gasteiger partial charge < -0.3 is 19.1 Å². The third-order valence-electron chi connectivity index (χ3n) is 4.42. The zero-order chi connectivity index (χ0) is 18.0. The quantitative estimate of drug-likeness (QED) is 0.837. The third kappa shape index (κ3) is 3.27. The monoisotopic (exact) mass is 341 g/mol. The van der Waals surface area contributed by atoms with Gasteiger partial charge >= 0.3 is 0 Å². The summed E-state index contributed by atoms with van der Waals surface area (Å²) in [6, 6.07) is 11.8. The van der Waals surface area contributed by atoms with E-state index >= 15 is 0 Å². The van der Waals surface area contributed by atoms with Gasteiger partial charge in [-0.05, 0) is 49.6 Å². The van der Waals surface area contributed by atoms with Gasteiger partial charge in [-0.3, -0.25) is 4.79 Å². The van der Waals surface area contributed by atoms with Crippen molar-refractivity contribution in [1.29, 1.82) is 0 Å². The highest BCUT2D eigenvalue weighted by molar-refractivity contribution is 5.97. The van der Waals surface area contributed by atoms with Crippen LogP contribution in [-0.4, -0.2) is 32.8 Å². The molecule has 5 heteroatoms.